The molecule has 1 rings (SSSR count). The minimum Gasteiger partial charge on any atom is -0.481 e. The second-order valence-corrected chi connectivity index (χ2v) is 5.66. The molecule has 2 atom stereocenters. The van der Waals surface area contributed by atoms with Gasteiger partial charge in [-0.15, -0.1) is 0 Å². The third-order valence-corrected chi connectivity index (χ3v) is 2.72. The molecule has 0 fully saturated rings. The van der Waals surface area contributed by atoms with Gasteiger partial charge in [-0.2, -0.15) is 0 Å². The number of benzene rings is 1. The lowest BCUT2D eigenvalue weighted by atomic mass is 9.95. The molecule has 0 aliphatic heterocycles. The molecule has 5 heteroatoms. The Hall–Kier alpha value is -2.04. The van der Waals surface area contributed by atoms with Crippen LogP contribution in [0.15, 0.2) is 30.3 Å². The van der Waals surface area contributed by atoms with E-state index in [-0.39, 0.29) is 0 Å². The van der Waals surface area contributed by atoms with Crippen LogP contribution in [0.3, 0.4) is 0 Å². The summed E-state index contributed by atoms with van der Waals surface area (Å²) in [5.74, 6) is -1.74. The third-order valence-electron chi connectivity index (χ3n) is 2.72. The highest BCUT2D eigenvalue weighted by atomic mass is 16.6. The molecule has 20 heavy (non-hydrogen) atoms. The zero-order valence-corrected chi connectivity index (χ0v) is 12.2. The lowest BCUT2D eigenvalue weighted by Crippen LogP contribution is -2.39. The fraction of sp³-hybridized carbons (Fsp3) is 0.467. The predicted molar refractivity (Wildman–Crippen MR) is 75.4 cm³/mol. The molecule has 0 aliphatic carbocycles. The van der Waals surface area contributed by atoms with E-state index in [0.717, 1.165) is 5.56 Å². The second-order valence-electron chi connectivity index (χ2n) is 5.66. The van der Waals surface area contributed by atoms with Crippen molar-refractivity contribution in [3.63, 3.8) is 0 Å². The first kappa shape index (κ1) is 16.0. The third kappa shape index (κ3) is 4.91. The molecule has 110 valence electrons. The van der Waals surface area contributed by atoms with Crippen LogP contribution < -0.4 is 5.32 Å². The Labute approximate surface area is 118 Å². The zero-order valence-electron chi connectivity index (χ0n) is 12.2. The van der Waals surface area contributed by atoms with Crippen LogP contribution in [0.1, 0.15) is 39.3 Å². The number of alkyl carbamates (subject to hydrolysis) is 1. The fourth-order valence-corrected chi connectivity index (χ4v) is 1.73. The molecule has 0 saturated heterocycles. The summed E-state index contributed by atoms with van der Waals surface area (Å²) in [4.78, 5) is 23.0. The van der Waals surface area contributed by atoms with E-state index in [1.54, 1.807) is 52.0 Å². The lowest BCUT2D eigenvalue weighted by molar-refractivity contribution is -0.142. The quantitative estimate of drug-likeness (QED) is 0.888. The van der Waals surface area contributed by atoms with Crippen molar-refractivity contribution in [1.29, 1.82) is 0 Å². The number of rotatable bonds is 4. The Morgan fingerprint density at radius 2 is 1.75 bits per heavy atom. The number of amides is 1. The van der Waals surface area contributed by atoms with Gasteiger partial charge in [0.05, 0.1) is 12.0 Å². The molecule has 2 unspecified atom stereocenters. The SMILES string of the molecule is CC(C(=O)O)C(NC(=O)OC(C)(C)C)c1ccccc1. The molecule has 1 amide bonds. The van der Waals surface area contributed by atoms with Crippen molar-refractivity contribution in [1.82, 2.24) is 5.32 Å². The van der Waals surface area contributed by atoms with Gasteiger partial charge in [-0.05, 0) is 33.3 Å². The molecule has 0 heterocycles. The van der Waals surface area contributed by atoms with Crippen molar-refractivity contribution in [3.8, 4) is 0 Å². The van der Waals surface area contributed by atoms with Crippen molar-refractivity contribution >= 4 is 12.1 Å². The highest BCUT2D eigenvalue weighted by Crippen LogP contribution is 2.22. The zero-order chi connectivity index (χ0) is 15.3. The maximum atomic E-state index is 11.8. The van der Waals surface area contributed by atoms with Gasteiger partial charge in [0.1, 0.15) is 5.60 Å². The van der Waals surface area contributed by atoms with Gasteiger partial charge >= 0.3 is 12.1 Å². The summed E-state index contributed by atoms with van der Waals surface area (Å²) in [5.41, 5.74) is 0.103. The molecule has 1 aromatic carbocycles. The highest BCUT2D eigenvalue weighted by Gasteiger charge is 2.28. The first-order valence-electron chi connectivity index (χ1n) is 6.48. The van der Waals surface area contributed by atoms with Crippen LogP contribution in [0.2, 0.25) is 0 Å². The van der Waals surface area contributed by atoms with E-state index in [1.807, 2.05) is 6.07 Å². The van der Waals surface area contributed by atoms with E-state index in [9.17, 15) is 9.59 Å². The number of hydrogen-bond donors (Lipinski definition) is 2. The predicted octanol–water partition coefficient (Wildman–Crippen LogP) is 2.97. The Morgan fingerprint density at radius 1 is 1.20 bits per heavy atom. The Balaban J connectivity index is 2.90. The summed E-state index contributed by atoms with van der Waals surface area (Å²) in [7, 11) is 0. The van der Waals surface area contributed by atoms with Crippen LogP contribution in [-0.4, -0.2) is 22.8 Å². The second kappa shape index (κ2) is 6.41. The molecule has 0 aliphatic rings. The van der Waals surface area contributed by atoms with E-state index in [0.29, 0.717) is 0 Å². The average Bonchev–Trinajstić information content (AvgIpc) is 2.34. The summed E-state index contributed by atoms with van der Waals surface area (Å²) >= 11 is 0. The number of hydrogen-bond acceptors (Lipinski definition) is 3. The van der Waals surface area contributed by atoms with E-state index in [4.69, 9.17) is 9.84 Å². The van der Waals surface area contributed by atoms with Crippen LogP contribution in [0.25, 0.3) is 0 Å². The van der Waals surface area contributed by atoms with Gasteiger partial charge in [0.2, 0.25) is 0 Å². The summed E-state index contributed by atoms with van der Waals surface area (Å²) in [5, 5.41) is 11.8. The standard InChI is InChI=1S/C15H21NO4/c1-10(13(17)18)12(11-8-6-5-7-9-11)16-14(19)20-15(2,3)4/h5-10,12H,1-4H3,(H,16,19)(H,17,18). The molecular formula is C15H21NO4. The number of carbonyl (C=O) groups is 2. The van der Waals surface area contributed by atoms with Crippen LogP contribution in [0, 0.1) is 5.92 Å². The number of carbonyl (C=O) groups excluding carboxylic acids is 1. The molecule has 0 radical (unpaired) electrons. The van der Waals surface area contributed by atoms with Crippen molar-refractivity contribution < 1.29 is 19.4 Å². The van der Waals surface area contributed by atoms with Crippen molar-refractivity contribution in [2.75, 3.05) is 0 Å². The smallest absolute Gasteiger partial charge is 0.408 e. The first-order chi connectivity index (χ1) is 9.20. The van der Waals surface area contributed by atoms with E-state index in [2.05, 4.69) is 5.32 Å². The van der Waals surface area contributed by atoms with Gasteiger partial charge in [-0.25, -0.2) is 4.79 Å². The van der Waals surface area contributed by atoms with Crippen molar-refractivity contribution in [2.24, 2.45) is 5.92 Å². The van der Waals surface area contributed by atoms with Gasteiger partial charge in [0.25, 0.3) is 0 Å². The summed E-state index contributed by atoms with van der Waals surface area (Å²) in [6.07, 6.45) is -0.626. The average molecular weight is 279 g/mol. The molecular weight excluding hydrogens is 258 g/mol. The van der Waals surface area contributed by atoms with Crippen LogP contribution >= 0.6 is 0 Å². The number of nitrogens with one attached hydrogen (secondary N) is 1. The highest BCUT2D eigenvalue weighted by molar-refractivity contribution is 5.74. The van der Waals surface area contributed by atoms with Gasteiger partial charge in [0.15, 0.2) is 0 Å². The largest absolute Gasteiger partial charge is 0.481 e. The maximum absolute atomic E-state index is 11.8. The maximum Gasteiger partial charge on any atom is 0.408 e. The van der Waals surface area contributed by atoms with Crippen molar-refractivity contribution in [2.45, 2.75) is 39.3 Å². The minimum atomic E-state index is -0.977. The normalized spacial score (nSPS) is 14.2. The molecule has 0 saturated carbocycles. The Kier molecular flexibility index (Phi) is 5.13. The first-order valence-corrected chi connectivity index (χ1v) is 6.48. The van der Waals surface area contributed by atoms with Gasteiger partial charge in [0, 0.05) is 0 Å². The van der Waals surface area contributed by atoms with Crippen LogP contribution in [-0.2, 0) is 9.53 Å². The molecule has 1 aromatic rings. The molecule has 0 spiro atoms. The van der Waals surface area contributed by atoms with Gasteiger partial charge < -0.3 is 15.2 Å². The summed E-state index contributed by atoms with van der Waals surface area (Å²) < 4.78 is 5.18. The minimum absolute atomic E-state index is 0.626. The van der Waals surface area contributed by atoms with E-state index in [1.165, 1.54) is 0 Å². The Bertz CT molecular complexity index is 465. The van der Waals surface area contributed by atoms with Crippen LogP contribution in [0.5, 0.6) is 0 Å². The van der Waals surface area contributed by atoms with Crippen LogP contribution in [0.4, 0.5) is 4.79 Å². The molecule has 0 bridgehead atoms. The van der Waals surface area contributed by atoms with Crippen molar-refractivity contribution in [3.05, 3.63) is 35.9 Å². The van der Waals surface area contributed by atoms with E-state index < -0.39 is 29.6 Å². The monoisotopic (exact) mass is 279 g/mol. The van der Waals surface area contributed by atoms with E-state index >= 15 is 0 Å². The number of aliphatic carboxylic acids is 1. The lowest BCUT2D eigenvalue weighted by Gasteiger charge is -2.26. The summed E-state index contributed by atoms with van der Waals surface area (Å²) in [6, 6.07) is 8.35. The van der Waals surface area contributed by atoms with Gasteiger partial charge in [-0.3, -0.25) is 4.79 Å². The molecule has 0 aromatic heterocycles. The summed E-state index contributed by atoms with van der Waals surface area (Å²) in [6.45, 7) is 6.82. The number of carboxylic acid groups (broad SMARTS) is 1. The number of carboxylic acids is 1. The fourth-order valence-electron chi connectivity index (χ4n) is 1.73. The molecule has 2 N–H and O–H groups in total. The topological polar surface area (TPSA) is 75.6 Å². The number of ether oxygens (including phenoxy) is 1. The molecule has 5 nitrogen and oxygen atoms in total. The Morgan fingerprint density at radius 3 is 2.20 bits per heavy atom. The van der Waals surface area contributed by atoms with Gasteiger partial charge in [-0.1, -0.05) is 30.3 Å².